The van der Waals surface area contributed by atoms with Gasteiger partial charge in [-0.2, -0.15) is 10.9 Å². The lowest BCUT2D eigenvalue weighted by Gasteiger charge is -2.38. The number of carbonyl (C=O) groups is 1. The first kappa shape index (κ1) is 15.5. The van der Waals surface area contributed by atoms with Crippen LogP contribution in [0.4, 0.5) is 0 Å². The summed E-state index contributed by atoms with van der Waals surface area (Å²) in [5.74, 6) is 0.243. The quantitative estimate of drug-likeness (QED) is 0.682. The molecule has 0 radical (unpaired) electrons. The summed E-state index contributed by atoms with van der Waals surface area (Å²) >= 11 is 0. The summed E-state index contributed by atoms with van der Waals surface area (Å²) in [5, 5.41) is 2.24. The first-order valence-corrected chi connectivity index (χ1v) is 9.21. The fraction of sp³-hybridized carbons (Fsp3) is 0.389. The van der Waals surface area contributed by atoms with Crippen molar-refractivity contribution in [2.75, 3.05) is 26.3 Å². The minimum Gasteiger partial charge on any atom is -0.379 e. The van der Waals surface area contributed by atoms with E-state index in [0.29, 0.717) is 13.2 Å². The van der Waals surface area contributed by atoms with Crippen LogP contribution < -0.4 is 0 Å². The summed E-state index contributed by atoms with van der Waals surface area (Å²) in [6.07, 6.45) is 2.22. The molecule has 0 spiro atoms. The number of ketones is 1. The van der Waals surface area contributed by atoms with Crippen molar-refractivity contribution >= 4 is 16.7 Å². The first-order valence-electron chi connectivity index (χ1n) is 7.73. The molecule has 3 nitrogen and oxygen atoms in total. The molecule has 2 unspecified atom stereocenters. The van der Waals surface area contributed by atoms with Gasteiger partial charge < -0.3 is 4.74 Å². The molecule has 118 valence electrons. The van der Waals surface area contributed by atoms with Crippen LogP contribution in [-0.4, -0.2) is 42.4 Å². The lowest BCUT2D eigenvalue weighted by atomic mass is 10.1. The van der Waals surface area contributed by atoms with Gasteiger partial charge in [0, 0.05) is 18.7 Å². The number of benzene rings is 1. The number of thiol groups is 1. The van der Waals surface area contributed by atoms with E-state index >= 15 is 0 Å². The summed E-state index contributed by atoms with van der Waals surface area (Å²) < 4.78 is 5.47. The van der Waals surface area contributed by atoms with E-state index in [0.717, 1.165) is 18.7 Å². The van der Waals surface area contributed by atoms with Gasteiger partial charge in [-0.3, -0.25) is 9.69 Å². The number of Topliss-reactive ketones (excluding diaryl/α,β-unsaturated/α-hetero) is 1. The molecule has 2 atom stereocenters. The molecule has 1 saturated heterocycles. The predicted octanol–water partition coefficient (Wildman–Crippen LogP) is 3.35. The highest BCUT2D eigenvalue weighted by molar-refractivity contribution is 8.24. The number of morpholine rings is 1. The van der Waals surface area contributed by atoms with Crippen LogP contribution in [0.25, 0.3) is 0 Å². The maximum atomic E-state index is 13.2. The normalized spacial score (nSPS) is 25.5. The van der Waals surface area contributed by atoms with Gasteiger partial charge in [-0.1, -0.05) is 36.4 Å². The average Bonchev–Trinajstić information content (AvgIpc) is 2.88. The van der Waals surface area contributed by atoms with Crippen molar-refractivity contribution < 1.29 is 9.53 Å². The van der Waals surface area contributed by atoms with Gasteiger partial charge in [-0.15, -0.1) is 0 Å². The van der Waals surface area contributed by atoms with Gasteiger partial charge in [0.15, 0.2) is 5.78 Å². The standard InChI is InChI=1S/C18H23NO2S/c1-14-12-15(2)22(13-14)18(19-8-10-21-11-9-19)17(20)16-6-4-3-5-7-16/h3-7,12-13,18,22H,8-11H2,1-2H3. The highest BCUT2D eigenvalue weighted by Crippen LogP contribution is 2.49. The maximum Gasteiger partial charge on any atom is 0.189 e. The van der Waals surface area contributed by atoms with Crippen molar-refractivity contribution in [3.8, 4) is 0 Å². The van der Waals surface area contributed by atoms with E-state index in [9.17, 15) is 4.79 Å². The summed E-state index contributed by atoms with van der Waals surface area (Å²) in [6.45, 7) is 7.38. The van der Waals surface area contributed by atoms with Crippen LogP contribution in [0.5, 0.6) is 0 Å². The van der Waals surface area contributed by atoms with E-state index in [1.165, 1.54) is 10.5 Å². The number of allylic oxidation sites excluding steroid dienone is 3. The Kier molecular flexibility index (Phi) is 4.81. The van der Waals surface area contributed by atoms with E-state index in [1.54, 1.807) is 0 Å². The van der Waals surface area contributed by atoms with E-state index < -0.39 is 10.9 Å². The second kappa shape index (κ2) is 6.82. The Morgan fingerprint density at radius 2 is 1.86 bits per heavy atom. The lowest BCUT2D eigenvalue weighted by molar-refractivity contribution is 0.0317. The number of nitrogens with zero attached hydrogens (tertiary/aromatic N) is 1. The van der Waals surface area contributed by atoms with Crippen molar-refractivity contribution in [3.63, 3.8) is 0 Å². The van der Waals surface area contributed by atoms with Crippen LogP contribution in [0.15, 0.2) is 52.3 Å². The molecule has 2 heterocycles. The number of rotatable bonds is 4. The second-order valence-corrected chi connectivity index (χ2v) is 8.09. The van der Waals surface area contributed by atoms with Gasteiger partial charge >= 0.3 is 0 Å². The Balaban J connectivity index is 1.92. The number of carbonyl (C=O) groups excluding carboxylic acids is 1. The predicted molar refractivity (Wildman–Crippen MR) is 93.5 cm³/mol. The summed E-state index contributed by atoms with van der Waals surface area (Å²) in [6, 6.07) is 9.69. The molecule has 2 aliphatic rings. The summed E-state index contributed by atoms with van der Waals surface area (Å²) in [7, 11) is -0.575. The zero-order valence-corrected chi connectivity index (χ0v) is 14.1. The minimum atomic E-state index is -0.575. The molecule has 22 heavy (non-hydrogen) atoms. The lowest BCUT2D eigenvalue weighted by Crippen LogP contribution is -2.47. The van der Waals surface area contributed by atoms with Crippen molar-refractivity contribution in [3.05, 3.63) is 57.9 Å². The molecule has 1 aromatic rings. The molecule has 3 rings (SSSR count). The third-order valence-corrected chi connectivity index (χ3v) is 6.85. The zero-order chi connectivity index (χ0) is 15.5. The Morgan fingerprint density at radius 3 is 2.45 bits per heavy atom. The molecular weight excluding hydrogens is 294 g/mol. The third kappa shape index (κ3) is 3.19. The monoisotopic (exact) mass is 317 g/mol. The Bertz CT molecular complexity index is 603. The van der Waals surface area contributed by atoms with Crippen LogP contribution in [0, 0.1) is 0 Å². The largest absolute Gasteiger partial charge is 0.379 e. The first-order chi connectivity index (χ1) is 10.7. The van der Waals surface area contributed by atoms with Crippen LogP contribution >= 0.6 is 10.9 Å². The van der Waals surface area contributed by atoms with E-state index in [4.69, 9.17) is 4.74 Å². The molecule has 0 N–H and O–H groups in total. The topological polar surface area (TPSA) is 29.5 Å². The Labute approximate surface area is 135 Å². The van der Waals surface area contributed by atoms with E-state index in [2.05, 4.69) is 30.2 Å². The molecule has 0 amide bonds. The molecule has 0 bridgehead atoms. The molecule has 2 aliphatic heterocycles. The van der Waals surface area contributed by atoms with Gasteiger partial charge in [0.25, 0.3) is 0 Å². The number of ether oxygens (including phenoxy) is 1. The number of hydrogen-bond donors (Lipinski definition) is 1. The van der Waals surface area contributed by atoms with Gasteiger partial charge in [-0.25, -0.2) is 0 Å². The van der Waals surface area contributed by atoms with Gasteiger partial charge in [0.1, 0.15) is 5.37 Å². The zero-order valence-electron chi connectivity index (χ0n) is 13.2. The maximum absolute atomic E-state index is 13.2. The van der Waals surface area contributed by atoms with E-state index in [-0.39, 0.29) is 11.2 Å². The van der Waals surface area contributed by atoms with Crippen LogP contribution in [0.2, 0.25) is 0 Å². The Hall–Kier alpha value is -1.36. The average molecular weight is 317 g/mol. The van der Waals surface area contributed by atoms with E-state index in [1.807, 2.05) is 30.3 Å². The van der Waals surface area contributed by atoms with Crippen LogP contribution in [0.3, 0.4) is 0 Å². The summed E-state index contributed by atoms with van der Waals surface area (Å²) in [4.78, 5) is 16.8. The van der Waals surface area contributed by atoms with Crippen molar-refractivity contribution in [2.24, 2.45) is 0 Å². The summed E-state index contributed by atoms with van der Waals surface area (Å²) in [5.41, 5.74) is 2.09. The molecule has 0 aliphatic carbocycles. The molecule has 0 aromatic heterocycles. The highest BCUT2D eigenvalue weighted by Gasteiger charge is 2.34. The van der Waals surface area contributed by atoms with Crippen LogP contribution in [-0.2, 0) is 4.74 Å². The SMILES string of the molecule is CC1=C[SH](C(C(=O)c2ccccc2)N2CCOCC2)C(C)=C1. The van der Waals surface area contributed by atoms with Gasteiger partial charge in [0.2, 0.25) is 0 Å². The fourth-order valence-electron chi connectivity index (χ4n) is 3.07. The smallest absolute Gasteiger partial charge is 0.189 e. The van der Waals surface area contributed by atoms with Gasteiger partial charge in [0.05, 0.1) is 13.2 Å². The molecule has 0 saturated carbocycles. The highest BCUT2D eigenvalue weighted by atomic mass is 32.2. The Morgan fingerprint density at radius 1 is 1.18 bits per heavy atom. The fourth-order valence-corrected chi connectivity index (χ4v) is 5.65. The van der Waals surface area contributed by atoms with Gasteiger partial charge in [-0.05, 0) is 29.7 Å². The van der Waals surface area contributed by atoms with Crippen molar-refractivity contribution in [2.45, 2.75) is 19.2 Å². The van der Waals surface area contributed by atoms with Crippen molar-refractivity contribution in [1.82, 2.24) is 4.90 Å². The molecule has 1 aromatic carbocycles. The minimum absolute atomic E-state index is 0.0602. The molecule has 4 heteroatoms. The molecular formula is C18H23NO2S. The second-order valence-electron chi connectivity index (χ2n) is 5.82. The number of hydrogen-bond acceptors (Lipinski definition) is 3. The van der Waals surface area contributed by atoms with Crippen molar-refractivity contribution in [1.29, 1.82) is 0 Å². The molecule has 1 fully saturated rings. The van der Waals surface area contributed by atoms with Crippen LogP contribution in [0.1, 0.15) is 24.2 Å². The third-order valence-electron chi connectivity index (χ3n) is 4.13.